The van der Waals surface area contributed by atoms with E-state index in [2.05, 4.69) is 10.3 Å². The van der Waals surface area contributed by atoms with Crippen molar-refractivity contribution >= 4 is 23.6 Å². The number of anilines is 1. The molecule has 0 saturated heterocycles. The Morgan fingerprint density at radius 3 is 2.59 bits per heavy atom. The summed E-state index contributed by atoms with van der Waals surface area (Å²) in [4.78, 5) is 27.8. The summed E-state index contributed by atoms with van der Waals surface area (Å²) in [5, 5.41) is 7.52. The lowest BCUT2D eigenvalue weighted by atomic mass is 10.1. The Hall–Kier alpha value is -4.72. The van der Waals surface area contributed by atoms with Crippen LogP contribution in [0.3, 0.4) is 0 Å². The van der Waals surface area contributed by atoms with E-state index in [-0.39, 0.29) is 18.9 Å². The maximum atomic E-state index is 12.7. The van der Waals surface area contributed by atoms with Gasteiger partial charge in [0.2, 0.25) is 11.8 Å². The number of nitrogens with two attached hydrogens (primary N) is 1. The van der Waals surface area contributed by atoms with Crippen molar-refractivity contribution in [3.05, 3.63) is 97.0 Å². The molecule has 8 heteroatoms. The van der Waals surface area contributed by atoms with Crippen molar-refractivity contribution in [1.82, 2.24) is 14.8 Å². The number of para-hydroxylation sites is 3. The van der Waals surface area contributed by atoms with Gasteiger partial charge in [-0.2, -0.15) is 5.10 Å². The molecule has 0 spiro atoms. The Morgan fingerprint density at radius 1 is 1.03 bits per heavy atom. The molecule has 3 N–H and O–H groups in total. The highest BCUT2D eigenvalue weighted by Gasteiger charge is 2.12. The molecule has 2 aromatic carbocycles. The Morgan fingerprint density at radius 2 is 1.82 bits per heavy atom. The topological polar surface area (TPSA) is 112 Å². The van der Waals surface area contributed by atoms with Gasteiger partial charge in [-0.3, -0.25) is 14.6 Å². The van der Waals surface area contributed by atoms with Crippen LogP contribution in [0, 0.1) is 0 Å². The second kappa shape index (κ2) is 10.7. The van der Waals surface area contributed by atoms with E-state index in [1.165, 1.54) is 6.08 Å². The molecule has 0 atom stereocenters. The molecule has 0 radical (unpaired) electrons. The lowest BCUT2D eigenvalue weighted by molar-refractivity contribution is -0.118. The van der Waals surface area contributed by atoms with E-state index in [1.54, 1.807) is 47.4 Å². The maximum absolute atomic E-state index is 12.7. The summed E-state index contributed by atoms with van der Waals surface area (Å²) in [6.07, 6.45) is 8.53. The van der Waals surface area contributed by atoms with E-state index in [0.717, 1.165) is 16.8 Å². The third kappa shape index (κ3) is 5.74. The van der Waals surface area contributed by atoms with Crippen LogP contribution >= 0.6 is 0 Å². The molecule has 2 aromatic heterocycles. The van der Waals surface area contributed by atoms with E-state index in [9.17, 15) is 9.59 Å². The molecule has 0 unspecified atom stereocenters. The Labute approximate surface area is 196 Å². The minimum absolute atomic E-state index is 0.0880. The van der Waals surface area contributed by atoms with Crippen molar-refractivity contribution in [2.24, 2.45) is 5.73 Å². The average molecular weight is 454 g/mol. The SMILES string of the molecule is NC(=O)CCOc1ccccc1NC(=O)/C=C/c1cn(-c2ccccc2)nc1-c1cccnc1. The number of nitrogens with zero attached hydrogens (tertiary/aromatic N) is 3. The van der Waals surface area contributed by atoms with Crippen molar-refractivity contribution in [3.63, 3.8) is 0 Å². The summed E-state index contributed by atoms with van der Waals surface area (Å²) in [7, 11) is 0. The van der Waals surface area contributed by atoms with Crippen LogP contribution in [0.1, 0.15) is 12.0 Å². The summed E-state index contributed by atoms with van der Waals surface area (Å²) < 4.78 is 7.35. The summed E-state index contributed by atoms with van der Waals surface area (Å²) in [5.41, 5.74) is 8.86. The summed E-state index contributed by atoms with van der Waals surface area (Å²) in [5.74, 6) is -0.334. The van der Waals surface area contributed by atoms with Crippen LogP contribution < -0.4 is 15.8 Å². The zero-order chi connectivity index (χ0) is 23.8. The number of ether oxygens (including phenoxy) is 1. The molecule has 2 heterocycles. The van der Waals surface area contributed by atoms with Crippen LogP contribution in [0.15, 0.2) is 91.4 Å². The predicted molar refractivity (Wildman–Crippen MR) is 130 cm³/mol. The lowest BCUT2D eigenvalue weighted by Crippen LogP contribution is -2.15. The fourth-order valence-corrected chi connectivity index (χ4v) is 3.25. The second-order valence-corrected chi connectivity index (χ2v) is 7.34. The molecule has 0 aliphatic rings. The van der Waals surface area contributed by atoms with E-state index in [4.69, 9.17) is 15.6 Å². The number of rotatable bonds is 9. The first kappa shape index (κ1) is 22.5. The number of primary amides is 1. The number of pyridine rings is 1. The van der Waals surface area contributed by atoms with Crippen LogP contribution in [0.4, 0.5) is 5.69 Å². The zero-order valence-electron chi connectivity index (χ0n) is 18.3. The third-order valence-electron chi connectivity index (χ3n) is 4.86. The normalized spacial score (nSPS) is 10.8. The van der Waals surface area contributed by atoms with Crippen LogP contribution in [0.25, 0.3) is 23.0 Å². The summed E-state index contributed by atoms with van der Waals surface area (Å²) >= 11 is 0. The Bertz CT molecular complexity index is 1300. The molecule has 34 heavy (non-hydrogen) atoms. The van der Waals surface area contributed by atoms with Crippen molar-refractivity contribution in [3.8, 4) is 22.7 Å². The van der Waals surface area contributed by atoms with Crippen molar-refractivity contribution in [2.75, 3.05) is 11.9 Å². The van der Waals surface area contributed by atoms with Gasteiger partial charge in [-0.05, 0) is 42.5 Å². The Balaban J connectivity index is 1.55. The van der Waals surface area contributed by atoms with Gasteiger partial charge in [-0.25, -0.2) is 4.68 Å². The number of aromatic nitrogens is 3. The molecule has 170 valence electrons. The van der Waals surface area contributed by atoms with Crippen molar-refractivity contribution in [1.29, 1.82) is 0 Å². The fraction of sp³-hybridized carbons (Fsp3) is 0.0769. The highest BCUT2D eigenvalue weighted by Crippen LogP contribution is 2.26. The maximum Gasteiger partial charge on any atom is 0.248 e. The minimum Gasteiger partial charge on any atom is -0.491 e. The number of nitrogens with one attached hydrogen (secondary N) is 1. The predicted octanol–water partition coefficient (Wildman–Crippen LogP) is 3.84. The van der Waals surface area contributed by atoms with E-state index in [0.29, 0.717) is 17.1 Å². The van der Waals surface area contributed by atoms with Gasteiger partial charge in [0.25, 0.3) is 0 Å². The first-order valence-electron chi connectivity index (χ1n) is 10.6. The molecule has 8 nitrogen and oxygen atoms in total. The number of carbonyl (C=O) groups excluding carboxylic acids is 2. The quantitative estimate of drug-likeness (QED) is 0.374. The first-order chi connectivity index (χ1) is 16.6. The Kier molecular flexibility index (Phi) is 7.09. The van der Waals surface area contributed by atoms with E-state index < -0.39 is 5.91 Å². The summed E-state index contributed by atoms with van der Waals surface area (Å²) in [6, 6.07) is 20.5. The van der Waals surface area contributed by atoms with Gasteiger partial charge in [0.15, 0.2) is 0 Å². The minimum atomic E-state index is -0.454. The number of carbonyl (C=O) groups is 2. The average Bonchev–Trinajstić information content (AvgIpc) is 3.29. The molecule has 0 aliphatic heterocycles. The largest absolute Gasteiger partial charge is 0.491 e. The smallest absolute Gasteiger partial charge is 0.248 e. The standard InChI is InChI=1S/C26H23N5O3/c27-24(32)14-16-34-23-11-5-4-10-22(23)29-25(33)13-12-20-18-31(21-8-2-1-3-9-21)30-26(20)19-7-6-15-28-17-19/h1-13,15,17-18H,14,16H2,(H2,27,32)(H,29,33)/b13-12+. The monoisotopic (exact) mass is 453 g/mol. The molecule has 4 rings (SSSR count). The number of hydrogen-bond donors (Lipinski definition) is 2. The summed E-state index contributed by atoms with van der Waals surface area (Å²) in [6.45, 7) is 0.130. The van der Waals surface area contributed by atoms with E-state index in [1.807, 2.05) is 48.7 Å². The molecular formula is C26H23N5O3. The van der Waals surface area contributed by atoms with Gasteiger partial charge in [0, 0.05) is 35.8 Å². The van der Waals surface area contributed by atoms with Gasteiger partial charge in [-0.15, -0.1) is 0 Å². The van der Waals surface area contributed by atoms with Crippen LogP contribution in [-0.2, 0) is 9.59 Å². The number of hydrogen-bond acceptors (Lipinski definition) is 5. The van der Waals surface area contributed by atoms with Gasteiger partial charge < -0.3 is 15.8 Å². The number of benzene rings is 2. The molecule has 2 amide bonds. The van der Waals surface area contributed by atoms with Crippen LogP contribution in [0.5, 0.6) is 5.75 Å². The third-order valence-corrected chi connectivity index (χ3v) is 4.86. The van der Waals surface area contributed by atoms with Gasteiger partial charge in [-0.1, -0.05) is 30.3 Å². The van der Waals surface area contributed by atoms with Gasteiger partial charge >= 0.3 is 0 Å². The lowest BCUT2D eigenvalue weighted by Gasteiger charge is -2.10. The molecule has 0 fully saturated rings. The van der Waals surface area contributed by atoms with Gasteiger partial charge in [0.1, 0.15) is 11.4 Å². The van der Waals surface area contributed by atoms with Crippen molar-refractivity contribution < 1.29 is 14.3 Å². The fourth-order valence-electron chi connectivity index (χ4n) is 3.25. The highest BCUT2D eigenvalue weighted by molar-refractivity contribution is 6.03. The van der Waals surface area contributed by atoms with Crippen LogP contribution in [0.2, 0.25) is 0 Å². The van der Waals surface area contributed by atoms with Crippen LogP contribution in [-0.4, -0.2) is 33.2 Å². The second-order valence-electron chi connectivity index (χ2n) is 7.34. The molecular weight excluding hydrogens is 430 g/mol. The first-order valence-corrected chi connectivity index (χ1v) is 10.6. The molecule has 4 aromatic rings. The zero-order valence-corrected chi connectivity index (χ0v) is 18.3. The molecule has 0 saturated carbocycles. The molecule has 0 bridgehead atoms. The number of amides is 2. The van der Waals surface area contributed by atoms with Gasteiger partial charge in [0.05, 0.1) is 24.4 Å². The van der Waals surface area contributed by atoms with E-state index >= 15 is 0 Å². The molecule has 0 aliphatic carbocycles. The van der Waals surface area contributed by atoms with Crippen molar-refractivity contribution in [2.45, 2.75) is 6.42 Å². The highest BCUT2D eigenvalue weighted by atomic mass is 16.5.